The zero-order valence-electron chi connectivity index (χ0n) is 17.0. The molecular weight excluding hydrogens is 401 g/mol. The van der Waals surface area contributed by atoms with Gasteiger partial charge in [0.2, 0.25) is 0 Å². The summed E-state index contributed by atoms with van der Waals surface area (Å²) < 4.78 is 14.0. The molecule has 0 fully saturated rings. The molecule has 2 N–H and O–H groups in total. The summed E-state index contributed by atoms with van der Waals surface area (Å²) in [7, 11) is 0. The number of hydrogen-bond acceptors (Lipinski definition) is 3. The van der Waals surface area contributed by atoms with Crippen molar-refractivity contribution in [2.24, 2.45) is 0 Å². The van der Waals surface area contributed by atoms with Crippen molar-refractivity contribution < 1.29 is 14.6 Å². The Morgan fingerprint density at radius 2 is 1.70 bits per heavy atom. The number of rotatable bonds is 9. The second-order valence-electron chi connectivity index (χ2n) is 7.53. The molecule has 0 amide bonds. The van der Waals surface area contributed by atoms with Gasteiger partial charge in [-0.15, -0.1) is 0 Å². The van der Waals surface area contributed by atoms with E-state index < -0.39 is 17.5 Å². The van der Waals surface area contributed by atoms with Crippen LogP contribution in [-0.4, -0.2) is 34.3 Å². The van der Waals surface area contributed by atoms with E-state index in [0.29, 0.717) is 29.2 Å². The first-order valence-corrected chi connectivity index (χ1v) is 10.5. The van der Waals surface area contributed by atoms with Crippen LogP contribution in [0, 0.1) is 5.82 Å². The fraction of sp³-hybridized carbons (Fsp3) is 0.280. The number of aliphatic hydroxyl groups excluding tert-OH is 1. The van der Waals surface area contributed by atoms with E-state index in [0.717, 1.165) is 5.56 Å². The van der Waals surface area contributed by atoms with Crippen LogP contribution >= 0.6 is 11.6 Å². The van der Waals surface area contributed by atoms with Crippen LogP contribution in [0.15, 0.2) is 78.9 Å². The third kappa shape index (κ3) is 5.46. The number of hydrogen-bond donors (Lipinski definition) is 2. The van der Waals surface area contributed by atoms with Gasteiger partial charge in [-0.3, -0.25) is 4.90 Å². The lowest BCUT2D eigenvalue weighted by molar-refractivity contribution is -0.0923. The van der Waals surface area contributed by atoms with Crippen molar-refractivity contribution >= 4 is 11.6 Å². The Morgan fingerprint density at radius 1 is 1.00 bits per heavy atom. The van der Waals surface area contributed by atoms with Crippen LogP contribution in [0.2, 0.25) is 5.02 Å². The van der Waals surface area contributed by atoms with E-state index in [1.807, 2.05) is 49.4 Å². The highest BCUT2D eigenvalue weighted by molar-refractivity contribution is 6.31. The maximum Gasteiger partial charge on any atom is 0.123 e. The van der Waals surface area contributed by atoms with Gasteiger partial charge in [-0.25, -0.2) is 4.39 Å². The van der Waals surface area contributed by atoms with Gasteiger partial charge in [-0.2, -0.15) is 0 Å². The molecule has 2 atom stereocenters. The van der Waals surface area contributed by atoms with Gasteiger partial charge >= 0.3 is 0 Å². The van der Waals surface area contributed by atoms with Gasteiger partial charge in [0.25, 0.3) is 0 Å². The van der Waals surface area contributed by atoms with Crippen LogP contribution in [0.3, 0.4) is 0 Å². The minimum absolute atomic E-state index is 0.0696. The minimum atomic E-state index is -1.70. The third-order valence-corrected chi connectivity index (χ3v) is 5.79. The molecule has 0 saturated carbocycles. The van der Waals surface area contributed by atoms with E-state index in [4.69, 9.17) is 11.6 Å². The molecule has 158 valence electrons. The molecule has 1 unspecified atom stereocenters. The van der Waals surface area contributed by atoms with E-state index in [-0.39, 0.29) is 13.0 Å². The van der Waals surface area contributed by atoms with Gasteiger partial charge in [0.15, 0.2) is 0 Å². The summed E-state index contributed by atoms with van der Waals surface area (Å²) in [4.78, 5) is 2.05. The molecule has 0 radical (unpaired) electrons. The van der Waals surface area contributed by atoms with E-state index in [1.165, 1.54) is 18.2 Å². The average molecular weight is 428 g/mol. The van der Waals surface area contributed by atoms with Crippen molar-refractivity contribution in [2.45, 2.75) is 31.6 Å². The number of aliphatic hydroxyl groups is 2. The Bertz CT molecular complexity index is 953. The van der Waals surface area contributed by atoms with Crippen molar-refractivity contribution in [3.8, 4) is 0 Å². The summed E-state index contributed by atoms with van der Waals surface area (Å²) >= 11 is 6.32. The predicted octanol–water partition coefficient (Wildman–Crippen LogP) is 4.79. The van der Waals surface area contributed by atoms with Crippen LogP contribution in [0.4, 0.5) is 4.39 Å². The Hall–Kier alpha value is -2.24. The van der Waals surface area contributed by atoms with Crippen LogP contribution in [0.1, 0.15) is 23.6 Å². The Kier molecular flexibility index (Phi) is 7.62. The number of nitrogens with zero attached hydrogens (tertiary/aromatic N) is 1. The molecule has 0 aliphatic heterocycles. The third-order valence-electron chi connectivity index (χ3n) is 5.42. The molecule has 0 bridgehead atoms. The minimum Gasteiger partial charge on any atom is -0.388 e. The van der Waals surface area contributed by atoms with Gasteiger partial charge < -0.3 is 10.2 Å². The molecule has 0 spiro atoms. The number of halogens is 2. The van der Waals surface area contributed by atoms with Gasteiger partial charge in [0, 0.05) is 24.5 Å². The van der Waals surface area contributed by atoms with E-state index in [9.17, 15) is 14.6 Å². The molecule has 3 aromatic rings. The van der Waals surface area contributed by atoms with E-state index in [1.54, 1.807) is 18.2 Å². The van der Waals surface area contributed by atoms with E-state index >= 15 is 0 Å². The summed E-state index contributed by atoms with van der Waals surface area (Å²) in [5.41, 5.74) is 0.436. The molecule has 3 rings (SSSR count). The van der Waals surface area contributed by atoms with Crippen molar-refractivity contribution in [1.29, 1.82) is 0 Å². The first-order chi connectivity index (χ1) is 14.4. The smallest absolute Gasteiger partial charge is 0.123 e. The molecule has 0 aliphatic rings. The molecule has 0 heterocycles. The van der Waals surface area contributed by atoms with Gasteiger partial charge in [0.05, 0.1) is 6.10 Å². The zero-order valence-corrected chi connectivity index (χ0v) is 17.8. The van der Waals surface area contributed by atoms with Crippen molar-refractivity contribution in [3.05, 3.63) is 106 Å². The van der Waals surface area contributed by atoms with Crippen LogP contribution in [0.5, 0.6) is 0 Å². The summed E-state index contributed by atoms with van der Waals surface area (Å²) in [6.07, 6.45) is -1.08. The average Bonchev–Trinajstić information content (AvgIpc) is 2.75. The zero-order chi connectivity index (χ0) is 21.6. The molecular formula is C25H27ClFNO2. The second-order valence-corrected chi connectivity index (χ2v) is 7.94. The Labute approximate surface area is 182 Å². The largest absolute Gasteiger partial charge is 0.388 e. The summed E-state index contributed by atoms with van der Waals surface area (Å²) in [6, 6.07) is 22.9. The first kappa shape index (κ1) is 22.4. The van der Waals surface area contributed by atoms with Crippen molar-refractivity contribution in [2.75, 3.05) is 13.1 Å². The van der Waals surface area contributed by atoms with Gasteiger partial charge in [0.1, 0.15) is 11.4 Å². The maximum absolute atomic E-state index is 14.0. The lowest BCUT2D eigenvalue weighted by Gasteiger charge is -2.37. The monoisotopic (exact) mass is 427 g/mol. The molecule has 3 nitrogen and oxygen atoms in total. The van der Waals surface area contributed by atoms with Crippen LogP contribution < -0.4 is 0 Å². The SMILES string of the molecule is CCN(Cc1ccccc1)CC(O)[C@@](O)(Cc1ccccc1Cl)c1cccc(F)c1. The molecule has 0 saturated heterocycles. The topological polar surface area (TPSA) is 43.7 Å². The molecule has 0 aliphatic carbocycles. The van der Waals surface area contributed by atoms with Gasteiger partial charge in [-0.05, 0) is 41.4 Å². The maximum atomic E-state index is 14.0. The van der Waals surface area contributed by atoms with E-state index in [2.05, 4.69) is 4.90 Å². The fourth-order valence-electron chi connectivity index (χ4n) is 3.64. The Balaban J connectivity index is 1.89. The van der Waals surface area contributed by atoms with Gasteiger partial charge in [-0.1, -0.05) is 79.2 Å². The molecule has 30 heavy (non-hydrogen) atoms. The fourth-order valence-corrected chi connectivity index (χ4v) is 3.85. The lowest BCUT2D eigenvalue weighted by Crippen LogP contribution is -2.48. The highest BCUT2D eigenvalue weighted by Crippen LogP contribution is 2.33. The standard InChI is InChI=1S/C25H27ClFNO2/c1-2-28(17-19-9-4-3-5-10-19)18-24(29)25(30,21-12-8-13-22(27)15-21)16-20-11-6-7-14-23(20)26/h3-15,24,29-30H,2,16-18H2,1H3/t24?,25-/m1/s1. The Morgan fingerprint density at radius 3 is 2.37 bits per heavy atom. The van der Waals surface area contributed by atoms with Crippen molar-refractivity contribution in [1.82, 2.24) is 4.90 Å². The number of likely N-dealkylation sites (N-methyl/N-ethyl adjacent to an activating group) is 1. The second kappa shape index (κ2) is 10.2. The molecule has 3 aromatic carbocycles. The summed E-state index contributed by atoms with van der Waals surface area (Å²) in [5.74, 6) is -0.464. The van der Waals surface area contributed by atoms with Crippen molar-refractivity contribution in [3.63, 3.8) is 0 Å². The molecule has 0 aromatic heterocycles. The number of benzene rings is 3. The summed E-state index contributed by atoms with van der Waals surface area (Å²) in [5, 5.41) is 23.3. The predicted molar refractivity (Wildman–Crippen MR) is 119 cm³/mol. The molecule has 5 heteroatoms. The van der Waals surface area contributed by atoms with Crippen LogP contribution in [0.25, 0.3) is 0 Å². The normalized spacial score (nSPS) is 14.5. The lowest BCUT2D eigenvalue weighted by atomic mass is 9.82. The highest BCUT2D eigenvalue weighted by atomic mass is 35.5. The van der Waals surface area contributed by atoms with Crippen LogP contribution in [-0.2, 0) is 18.6 Å². The quantitative estimate of drug-likeness (QED) is 0.516. The first-order valence-electron chi connectivity index (χ1n) is 10.1. The highest BCUT2D eigenvalue weighted by Gasteiger charge is 2.39. The summed E-state index contributed by atoms with van der Waals surface area (Å²) in [6.45, 7) is 3.56.